The second kappa shape index (κ2) is 7.94. The zero-order chi connectivity index (χ0) is 15.9. The van der Waals surface area contributed by atoms with E-state index >= 15 is 0 Å². The summed E-state index contributed by atoms with van der Waals surface area (Å²) in [7, 11) is 0. The zero-order valence-corrected chi connectivity index (χ0v) is 13.9. The Kier molecular flexibility index (Phi) is 5.95. The highest BCUT2D eigenvalue weighted by Crippen LogP contribution is 2.08. The van der Waals surface area contributed by atoms with E-state index < -0.39 is 0 Å². The monoisotopic (exact) mass is 318 g/mol. The van der Waals surface area contributed by atoms with Crippen LogP contribution in [0.15, 0.2) is 40.5 Å². The van der Waals surface area contributed by atoms with Crippen LogP contribution in [-0.2, 0) is 17.9 Å². The molecule has 1 aromatic carbocycles. The normalized spacial score (nSPS) is 10.6. The average Bonchev–Trinajstić information content (AvgIpc) is 2.84. The van der Waals surface area contributed by atoms with Crippen LogP contribution < -0.4 is 4.87 Å². The number of aryl methyl sites for hydroxylation is 1. The van der Waals surface area contributed by atoms with E-state index in [-0.39, 0.29) is 10.8 Å². The lowest BCUT2D eigenvalue weighted by Crippen LogP contribution is -2.32. The van der Waals surface area contributed by atoms with Gasteiger partial charge in [-0.2, -0.15) is 0 Å². The molecular formula is C17H22N2O2S. The molecule has 0 aliphatic carbocycles. The summed E-state index contributed by atoms with van der Waals surface area (Å²) in [6, 6.07) is 10.0. The molecule has 1 heterocycles. The molecule has 0 aliphatic heterocycles. The highest BCUT2D eigenvalue weighted by molar-refractivity contribution is 7.07. The molecule has 2 aromatic rings. The van der Waals surface area contributed by atoms with E-state index in [1.54, 1.807) is 4.57 Å². The first-order chi connectivity index (χ1) is 10.6. The number of rotatable bonds is 7. The fraction of sp³-hybridized carbons (Fsp3) is 0.412. The number of thiazole rings is 1. The number of carbonyl (C=O) groups is 1. The maximum atomic E-state index is 12.5. The van der Waals surface area contributed by atoms with Crippen molar-refractivity contribution < 1.29 is 4.79 Å². The number of benzene rings is 1. The van der Waals surface area contributed by atoms with E-state index in [4.69, 9.17) is 0 Å². The lowest BCUT2D eigenvalue weighted by atomic mass is 10.2. The predicted molar refractivity (Wildman–Crippen MR) is 90.1 cm³/mol. The minimum absolute atomic E-state index is 0.00963. The van der Waals surface area contributed by atoms with Crippen LogP contribution in [0, 0.1) is 6.92 Å². The Bertz CT molecular complexity index is 661. The van der Waals surface area contributed by atoms with Gasteiger partial charge in [0.2, 0.25) is 5.91 Å². The maximum Gasteiger partial charge on any atom is 0.307 e. The first-order valence-electron chi connectivity index (χ1n) is 7.58. The van der Waals surface area contributed by atoms with Crippen LogP contribution >= 0.6 is 11.3 Å². The van der Waals surface area contributed by atoms with Crippen LogP contribution in [0.25, 0.3) is 0 Å². The van der Waals surface area contributed by atoms with Crippen molar-refractivity contribution in [1.82, 2.24) is 9.47 Å². The summed E-state index contributed by atoms with van der Waals surface area (Å²) >= 11 is 1.19. The first kappa shape index (κ1) is 16.5. The van der Waals surface area contributed by atoms with E-state index in [0.29, 0.717) is 19.5 Å². The second-order valence-electron chi connectivity index (χ2n) is 5.35. The van der Waals surface area contributed by atoms with Crippen molar-refractivity contribution in [3.63, 3.8) is 0 Å². The van der Waals surface area contributed by atoms with Crippen molar-refractivity contribution in [2.75, 3.05) is 6.54 Å². The molecule has 0 spiro atoms. The number of hydrogen-bond donors (Lipinski definition) is 0. The number of carbonyl (C=O) groups excluding carboxylic acids is 1. The van der Waals surface area contributed by atoms with E-state index in [2.05, 4.69) is 6.92 Å². The van der Waals surface area contributed by atoms with Crippen LogP contribution in [0.1, 0.15) is 31.0 Å². The molecule has 0 saturated carbocycles. The molecule has 118 valence electrons. The van der Waals surface area contributed by atoms with Crippen LogP contribution in [0.4, 0.5) is 0 Å². The molecule has 0 atom stereocenters. The minimum Gasteiger partial charge on any atom is -0.338 e. The van der Waals surface area contributed by atoms with Crippen molar-refractivity contribution >= 4 is 17.2 Å². The van der Waals surface area contributed by atoms with E-state index in [1.807, 2.05) is 47.5 Å². The summed E-state index contributed by atoms with van der Waals surface area (Å²) in [6.07, 6.45) is 1.29. The molecule has 22 heavy (non-hydrogen) atoms. The third-order valence-electron chi connectivity index (χ3n) is 3.59. The van der Waals surface area contributed by atoms with Gasteiger partial charge < -0.3 is 9.47 Å². The fourth-order valence-electron chi connectivity index (χ4n) is 2.41. The lowest BCUT2D eigenvalue weighted by Gasteiger charge is -2.22. The third-order valence-corrected chi connectivity index (χ3v) is 4.47. The molecule has 4 nitrogen and oxygen atoms in total. The smallest absolute Gasteiger partial charge is 0.307 e. The summed E-state index contributed by atoms with van der Waals surface area (Å²) in [5.74, 6) is 0.100. The fourth-order valence-corrected chi connectivity index (χ4v) is 3.17. The molecule has 2 rings (SSSR count). The Hall–Kier alpha value is -1.88. The number of aromatic nitrogens is 1. The van der Waals surface area contributed by atoms with Crippen molar-refractivity contribution in [2.45, 2.75) is 39.8 Å². The standard InChI is InChI=1S/C17H22N2O2S/c1-3-10-18(12-15-7-5-4-6-8-15)16(20)9-11-19-14(2)13-22-17(19)21/h4-8,13H,3,9-12H2,1-2H3. The van der Waals surface area contributed by atoms with Gasteiger partial charge in [-0.3, -0.25) is 9.59 Å². The Morgan fingerprint density at radius 2 is 2.00 bits per heavy atom. The van der Waals surface area contributed by atoms with Crippen molar-refractivity contribution in [3.05, 3.63) is 56.6 Å². The van der Waals surface area contributed by atoms with Crippen LogP contribution in [0.5, 0.6) is 0 Å². The SMILES string of the molecule is CCCN(Cc1ccccc1)C(=O)CCn1c(C)csc1=O. The highest BCUT2D eigenvalue weighted by Gasteiger charge is 2.14. The molecule has 0 aliphatic rings. The van der Waals surface area contributed by atoms with Gasteiger partial charge in [-0.1, -0.05) is 48.6 Å². The van der Waals surface area contributed by atoms with Crippen molar-refractivity contribution in [2.24, 2.45) is 0 Å². The quantitative estimate of drug-likeness (QED) is 0.787. The number of amides is 1. The van der Waals surface area contributed by atoms with Gasteiger partial charge in [-0.15, -0.1) is 0 Å². The van der Waals surface area contributed by atoms with Gasteiger partial charge >= 0.3 is 4.87 Å². The van der Waals surface area contributed by atoms with Gasteiger partial charge in [0.25, 0.3) is 0 Å². The second-order valence-corrected chi connectivity index (χ2v) is 6.17. The largest absolute Gasteiger partial charge is 0.338 e. The summed E-state index contributed by atoms with van der Waals surface area (Å²) in [4.78, 5) is 26.1. The summed E-state index contributed by atoms with van der Waals surface area (Å²) in [6.45, 7) is 5.80. The van der Waals surface area contributed by atoms with Gasteiger partial charge in [-0.05, 0) is 18.9 Å². The summed E-state index contributed by atoms with van der Waals surface area (Å²) < 4.78 is 1.68. The van der Waals surface area contributed by atoms with E-state index in [0.717, 1.165) is 24.2 Å². The van der Waals surface area contributed by atoms with Gasteiger partial charge in [0, 0.05) is 37.1 Å². The summed E-state index contributed by atoms with van der Waals surface area (Å²) in [5.41, 5.74) is 2.06. The van der Waals surface area contributed by atoms with Crippen LogP contribution in [0.2, 0.25) is 0 Å². The molecular weight excluding hydrogens is 296 g/mol. The van der Waals surface area contributed by atoms with Crippen LogP contribution in [-0.4, -0.2) is 21.9 Å². The Balaban J connectivity index is 1.99. The molecule has 1 amide bonds. The molecule has 5 heteroatoms. The van der Waals surface area contributed by atoms with Gasteiger partial charge in [0.15, 0.2) is 0 Å². The summed E-state index contributed by atoms with van der Waals surface area (Å²) in [5, 5.41) is 1.83. The topological polar surface area (TPSA) is 42.3 Å². The predicted octanol–water partition coefficient (Wildman–Crippen LogP) is 3.05. The Morgan fingerprint density at radius 1 is 1.27 bits per heavy atom. The highest BCUT2D eigenvalue weighted by atomic mass is 32.1. The maximum absolute atomic E-state index is 12.5. The average molecular weight is 318 g/mol. The number of hydrogen-bond acceptors (Lipinski definition) is 3. The Morgan fingerprint density at radius 3 is 2.59 bits per heavy atom. The van der Waals surface area contributed by atoms with Gasteiger partial charge in [0.05, 0.1) is 0 Å². The third kappa shape index (κ3) is 4.31. The van der Waals surface area contributed by atoms with Crippen LogP contribution in [0.3, 0.4) is 0 Å². The zero-order valence-electron chi connectivity index (χ0n) is 13.1. The molecule has 0 bridgehead atoms. The first-order valence-corrected chi connectivity index (χ1v) is 8.46. The molecule has 0 radical (unpaired) electrons. The molecule has 0 N–H and O–H groups in total. The lowest BCUT2D eigenvalue weighted by molar-refractivity contribution is -0.132. The minimum atomic E-state index is 0.00963. The molecule has 0 saturated heterocycles. The number of nitrogens with zero attached hydrogens (tertiary/aromatic N) is 2. The van der Waals surface area contributed by atoms with Gasteiger partial charge in [0.1, 0.15) is 0 Å². The van der Waals surface area contributed by atoms with Crippen molar-refractivity contribution in [1.29, 1.82) is 0 Å². The molecule has 1 aromatic heterocycles. The Labute approximate surface area is 135 Å². The molecule has 0 fully saturated rings. The van der Waals surface area contributed by atoms with Crippen molar-refractivity contribution in [3.8, 4) is 0 Å². The van der Waals surface area contributed by atoms with Gasteiger partial charge in [-0.25, -0.2) is 0 Å². The van der Waals surface area contributed by atoms with E-state index in [9.17, 15) is 9.59 Å². The van der Waals surface area contributed by atoms with E-state index in [1.165, 1.54) is 11.3 Å². The molecule has 0 unspecified atom stereocenters.